The van der Waals surface area contributed by atoms with E-state index in [1.165, 1.54) is 5.69 Å². The molecule has 3 rings (SSSR count). The smallest absolute Gasteiger partial charge is 0.243 e. The lowest BCUT2D eigenvalue weighted by atomic mass is 10.1. The fourth-order valence-corrected chi connectivity index (χ4v) is 3.66. The predicted molar refractivity (Wildman–Crippen MR) is 114 cm³/mol. The number of nitrogens with one attached hydrogen (secondary N) is 2. The van der Waals surface area contributed by atoms with Gasteiger partial charge in [0.05, 0.1) is 17.3 Å². The number of hydrogen-bond donors (Lipinski definition) is 2. The van der Waals surface area contributed by atoms with Gasteiger partial charge in [-0.25, -0.2) is 0 Å². The molecule has 1 saturated heterocycles. The number of carbonyl (C=O) groups excluding carboxylic acids is 1. The summed E-state index contributed by atoms with van der Waals surface area (Å²) in [7, 11) is 2.15. The molecule has 0 unspecified atom stereocenters. The van der Waals surface area contributed by atoms with Gasteiger partial charge in [-0.2, -0.15) is 0 Å². The lowest BCUT2D eigenvalue weighted by Gasteiger charge is -2.34. The van der Waals surface area contributed by atoms with Crippen molar-refractivity contribution in [2.75, 3.05) is 55.3 Å². The monoisotopic (exact) mass is 386 g/mol. The van der Waals surface area contributed by atoms with Gasteiger partial charge in [0.15, 0.2) is 0 Å². The molecule has 0 saturated carbocycles. The molecular weight excluding hydrogens is 360 g/mol. The van der Waals surface area contributed by atoms with Crippen LogP contribution in [0.25, 0.3) is 0 Å². The number of aryl methyl sites for hydroxylation is 2. The number of amides is 1. The van der Waals surface area contributed by atoms with E-state index >= 15 is 0 Å². The van der Waals surface area contributed by atoms with Gasteiger partial charge in [-0.3, -0.25) is 4.79 Å². The van der Waals surface area contributed by atoms with Crippen LogP contribution in [-0.4, -0.2) is 50.6 Å². The summed E-state index contributed by atoms with van der Waals surface area (Å²) in [6.45, 7) is 8.38. The molecule has 1 aliphatic rings. The summed E-state index contributed by atoms with van der Waals surface area (Å²) in [4.78, 5) is 17.0. The minimum atomic E-state index is -0.119. The molecule has 0 radical (unpaired) electrons. The van der Waals surface area contributed by atoms with E-state index in [1.54, 1.807) is 0 Å². The van der Waals surface area contributed by atoms with Crippen LogP contribution in [0.5, 0.6) is 0 Å². The maximum atomic E-state index is 12.3. The third-order valence-corrected chi connectivity index (χ3v) is 5.18. The van der Waals surface area contributed by atoms with Gasteiger partial charge in [0.1, 0.15) is 0 Å². The van der Waals surface area contributed by atoms with Crippen LogP contribution >= 0.6 is 11.6 Å². The zero-order chi connectivity index (χ0) is 19.4. The summed E-state index contributed by atoms with van der Waals surface area (Å²) >= 11 is 6.25. The lowest BCUT2D eigenvalue weighted by molar-refractivity contribution is -0.114. The average molecular weight is 387 g/mol. The SMILES string of the molecule is Cc1cc(C)c(NC(=O)CNc2ccc(N3CCN(C)CC3)cc2)c(Cl)c1. The molecule has 5 nitrogen and oxygen atoms in total. The highest BCUT2D eigenvalue weighted by Crippen LogP contribution is 2.27. The normalized spacial score (nSPS) is 14.9. The zero-order valence-corrected chi connectivity index (χ0v) is 16.9. The Morgan fingerprint density at radius 1 is 1.07 bits per heavy atom. The number of likely N-dealkylation sites (N-methyl/N-ethyl adjacent to an activating group) is 1. The molecule has 1 fully saturated rings. The predicted octanol–water partition coefficient (Wildman–Crippen LogP) is 3.76. The van der Waals surface area contributed by atoms with Crippen molar-refractivity contribution in [2.45, 2.75) is 13.8 Å². The van der Waals surface area contributed by atoms with Gasteiger partial charge in [0, 0.05) is 37.6 Å². The van der Waals surface area contributed by atoms with Gasteiger partial charge in [0.2, 0.25) is 5.91 Å². The highest BCUT2D eigenvalue weighted by Gasteiger charge is 2.14. The van der Waals surface area contributed by atoms with Gasteiger partial charge in [-0.05, 0) is 62.4 Å². The van der Waals surface area contributed by atoms with Crippen molar-refractivity contribution in [3.63, 3.8) is 0 Å². The van der Waals surface area contributed by atoms with Crippen LogP contribution in [0.15, 0.2) is 36.4 Å². The van der Waals surface area contributed by atoms with Crippen molar-refractivity contribution in [3.8, 4) is 0 Å². The van der Waals surface area contributed by atoms with Crippen LogP contribution in [0.3, 0.4) is 0 Å². The molecule has 144 valence electrons. The molecule has 0 spiro atoms. The first-order chi connectivity index (χ1) is 12.9. The molecule has 1 aliphatic heterocycles. The summed E-state index contributed by atoms with van der Waals surface area (Å²) < 4.78 is 0. The van der Waals surface area contributed by atoms with E-state index in [1.807, 2.05) is 38.1 Å². The fourth-order valence-electron chi connectivity index (χ4n) is 3.29. The van der Waals surface area contributed by atoms with E-state index in [2.05, 4.69) is 39.6 Å². The summed E-state index contributed by atoms with van der Waals surface area (Å²) in [5.74, 6) is -0.119. The number of rotatable bonds is 5. The van der Waals surface area contributed by atoms with Gasteiger partial charge in [0.25, 0.3) is 0 Å². The number of benzene rings is 2. The van der Waals surface area contributed by atoms with Crippen LogP contribution in [0, 0.1) is 13.8 Å². The first-order valence-corrected chi connectivity index (χ1v) is 9.64. The largest absolute Gasteiger partial charge is 0.376 e. The van der Waals surface area contributed by atoms with Gasteiger partial charge >= 0.3 is 0 Å². The number of carbonyl (C=O) groups is 1. The minimum Gasteiger partial charge on any atom is -0.376 e. The van der Waals surface area contributed by atoms with Crippen LogP contribution < -0.4 is 15.5 Å². The Kier molecular flexibility index (Phi) is 6.24. The van der Waals surface area contributed by atoms with Crippen LogP contribution in [0.4, 0.5) is 17.1 Å². The van der Waals surface area contributed by atoms with Crippen molar-refractivity contribution >= 4 is 34.6 Å². The highest BCUT2D eigenvalue weighted by molar-refractivity contribution is 6.34. The molecule has 2 aromatic rings. The molecule has 27 heavy (non-hydrogen) atoms. The second-order valence-electron chi connectivity index (χ2n) is 7.18. The Morgan fingerprint density at radius 2 is 1.74 bits per heavy atom. The highest BCUT2D eigenvalue weighted by atomic mass is 35.5. The Labute approximate surface area is 166 Å². The number of nitrogens with zero attached hydrogens (tertiary/aromatic N) is 2. The maximum absolute atomic E-state index is 12.3. The molecule has 2 N–H and O–H groups in total. The summed E-state index contributed by atoms with van der Waals surface area (Å²) in [5.41, 5.74) is 4.87. The van der Waals surface area contributed by atoms with E-state index < -0.39 is 0 Å². The van der Waals surface area contributed by atoms with Crippen molar-refractivity contribution in [1.82, 2.24) is 4.90 Å². The molecular formula is C21H27ClN4O. The van der Waals surface area contributed by atoms with Crippen LogP contribution in [0.1, 0.15) is 11.1 Å². The molecule has 0 atom stereocenters. The number of hydrogen-bond acceptors (Lipinski definition) is 4. The van der Waals surface area contributed by atoms with E-state index in [-0.39, 0.29) is 12.5 Å². The van der Waals surface area contributed by atoms with Gasteiger partial charge in [-0.1, -0.05) is 17.7 Å². The lowest BCUT2D eigenvalue weighted by Crippen LogP contribution is -2.44. The Balaban J connectivity index is 1.53. The third-order valence-electron chi connectivity index (χ3n) is 4.88. The minimum absolute atomic E-state index is 0.119. The third kappa shape index (κ3) is 5.15. The van der Waals surface area contributed by atoms with E-state index in [9.17, 15) is 4.79 Å². The standard InChI is InChI=1S/C21H27ClN4O/c1-15-12-16(2)21(19(22)13-15)24-20(27)14-23-17-4-6-18(7-5-17)26-10-8-25(3)9-11-26/h4-7,12-13,23H,8-11,14H2,1-3H3,(H,24,27). The van der Waals surface area contributed by atoms with Crippen LogP contribution in [0.2, 0.25) is 5.02 Å². The van der Waals surface area contributed by atoms with Gasteiger partial charge in [-0.15, -0.1) is 0 Å². The van der Waals surface area contributed by atoms with Gasteiger partial charge < -0.3 is 20.4 Å². The first kappa shape index (κ1) is 19.5. The second-order valence-corrected chi connectivity index (χ2v) is 7.58. The van der Waals surface area contributed by atoms with Crippen molar-refractivity contribution in [1.29, 1.82) is 0 Å². The molecule has 0 bridgehead atoms. The fraction of sp³-hybridized carbons (Fsp3) is 0.381. The number of halogens is 1. The summed E-state index contributed by atoms with van der Waals surface area (Å²) in [6.07, 6.45) is 0. The molecule has 0 aliphatic carbocycles. The zero-order valence-electron chi connectivity index (χ0n) is 16.2. The summed E-state index contributed by atoms with van der Waals surface area (Å²) in [5, 5.41) is 6.63. The molecule has 1 heterocycles. The second kappa shape index (κ2) is 8.63. The van der Waals surface area contributed by atoms with Crippen LogP contribution in [-0.2, 0) is 4.79 Å². The Morgan fingerprint density at radius 3 is 2.37 bits per heavy atom. The molecule has 0 aromatic heterocycles. The Hall–Kier alpha value is -2.24. The van der Waals surface area contributed by atoms with E-state index in [0.29, 0.717) is 10.7 Å². The van der Waals surface area contributed by atoms with Crippen molar-refractivity contribution in [3.05, 3.63) is 52.5 Å². The molecule has 6 heteroatoms. The number of anilines is 3. The number of piperazine rings is 1. The molecule has 2 aromatic carbocycles. The molecule has 1 amide bonds. The topological polar surface area (TPSA) is 47.6 Å². The first-order valence-electron chi connectivity index (χ1n) is 9.26. The summed E-state index contributed by atoms with van der Waals surface area (Å²) in [6, 6.07) is 12.1. The van der Waals surface area contributed by atoms with Crippen molar-refractivity contribution < 1.29 is 4.79 Å². The Bertz CT molecular complexity index is 775. The average Bonchev–Trinajstić information content (AvgIpc) is 2.64. The van der Waals surface area contributed by atoms with Crippen molar-refractivity contribution in [2.24, 2.45) is 0 Å². The van der Waals surface area contributed by atoms with E-state index in [4.69, 9.17) is 11.6 Å². The van der Waals surface area contributed by atoms with E-state index in [0.717, 1.165) is 43.0 Å². The quantitative estimate of drug-likeness (QED) is 0.821. The maximum Gasteiger partial charge on any atom is 0.243 e.